The summed E-state index contributed by atoms with van der Waals surface area (Å²) in [6.07, 6.45) is 1.51. The van der Waals surface area contributed by atoms with E-state index in [0.717, 1.165) is 16.5 Å². The lowest BCUT2D eigenvalue weighted by molar-refractivity contribution is 0.550. The van der Waals surface area contributed by atoms with Gasteiger partial charge in [-0.05, 0) is 13.8 Å². The Morgan fingerprint density at radius 3 is 3.07 bits per heavy atom. The van der Waals surface area contributed by atoms with Crippen molar-refractivity contribution < 1.29 is 0 Å². The monoisotopic (exact) mass is 223 g/mol. The fraction of sp³-hybridized carbons (Fsp3) is 0.444. The highest BCUT2D eigenvalue weighted by Gasteiger charge is 2.08. The molecule has 0 aliphatic rings. The third-order valence-corrected chi connectivity index (χ3v) is 2.91. The molecular weight excluding hydrogens is 210 g/mol. The Labute approximate surface area is 92.0 Å². The van der Waals surface area contributed by atoms with Crippen LogP contribution in [0.4, 0.5) is 0 Å². The van der Waals surface area contributed by atoms with Gasteiger partial charge in [-0.1, -0.05) is 0 Å². The molecule has 0 spiro atoms. The van der Waals surface area contributed by atoms with Crippen LogP contribution in [0.2, 0.25) is 0 Å². The van der Waals surface area contributed by atoms with Crippen molar-refractivity contribution in [2.45, 2.75) is 26.4 Å². The minimum absolute atomic E-state index is 0.236. The predicted octanol–water partition coefficient (Wildman–Crippen LogP) is 1.42. The lowest BCUT2D eigenvalue weighted by Gasteiger charge is -2.09. The number of rotatable bonds is 4. The maximum atomic E-state index is 4.42. The van der Waals surface area contributed by atoms with E-state index in [9.17, 15) is 0 Å². The van der Waals surface area contributed by atoms with Gasteiger partial charge in [-0.3, -0.25) is 5.10 Å². The molecule has 2 aromatic heterocycles. The van der Waals surface area contributed by atoms with E-state index in [1.54, 1.807) is 11.3 Å². The van der Waals surface area contributed by atoms with Gasteiger partial charge in [0.05, 0.1) is 17.2 Å². The van der Waals surface area contributed by atoms with Crippen LogP contribution in [-0.4, -0.2) is 20.2 Å². The van der Waals surface area contributed by atoms with Gasteiger partial charge in [-0.2, -0.15) is 5.10 Å². The van der Waals surface area contributed by atoms with Crippen LogP contribution in [0.1, 0.15) is 29.5 Å². The minimum Gasteiger partial charge on any atom is -0.302 e. The standard InChI is InChI=1S/C9H13N5S/c1-6(8-4-15-7(2)13-8)10-3-9-11-5-12-14-9/h4-6,10H,3H2,1-2H3,(H,11,12,14). The first-order chi connectivity index (χ1) is 7.25. The summed E-state index contributed by atoms with van der Waals surface area (Å²) in [7, 11) is 0. The van der Waals surface area contributed by atoms with E-state index in [0.29, 0.717) is 6.54 Å². The first kappa shape index (κ1) is 10.3. The highest BCUT2D eigenvalue weighted by molar-refractivity contribution is 7.09. The topological polar surface area (TPSA) is 66.5 Å². The van der Waals surface area contributed by atoms with Crippen molar-refractivity contribution in [1.82, 2.24) is 25.5 Å². The second-order valence-corrected chi connectivity index (χ2v) is 4.39. The van der Waals surface area contributed by atoms with Gasteiger partial charge in [0.25, 0.3) is 0 Å². The second kappa shape index (κ2) is 4.50. The van der Waals surface area contributed by atoms with Crippen molar-refractivity contribution in [2.75, 3.05) is 0 Å². The third-order valence-electron chi connectivity index (χ3n) is 2.12. The van der Waals surface area contributed by atoms with Gasteiger partial charge >= 0.3 is 0 Å². The number of nitrogens with zero attached hydrogens (tertiary/aromatic N) is 3. The normalized spacial score (nSPS) is 12.9. The van der Waals surface area contributed by atoms with Gasteiger partial charge in [-0.25, -0.2) is 9.97 Å². The van der Waals surface area contributed by atoms with Crippen LogP contribution in [0.15, 0.2) is 11.7 Å². The molecule has 0 aliphatic carbocycles. The largest absolute Gasteiger partial charge is 0.302 e. The molecule has 1 atom stereocenters. The van der Waals surface area contributed by atoms with Crippen LogP contribution in [0.25, 0.3) is 0 Å². The summed E-state index contributed by atoms with van der Waals surface area (Å²) in [5, 5.41) is 13.1. The first-order valence-corrected chi connectivity index (χ1v) is 5.63. The molecule has 0 radical (unpaired) electrons. The van der Waals surface area contributed by atoms with E-state index in [1.807, 2.05) is 6.92 Å². The molecule has 0 saturated carbocycles. The maximum Gasteiger partial charge on any atom is 0.138 e. The zero-order chi connectivity index (χ0) is 10.7. The van der Waals surface area contributed by atoms with Gasteiger partial charge < -0.3 is 5.32 Å². The SMILES string of the molecule is Cc1nc(C(C)NCc2ncn[nH]2)cs1. The predicted molar refractivity (Wildman–Crippen MR) is 58.5 cm³/mol. The highest BCUT2D eigenvalue weighted by Crippen LogP contribution is 2.15. The Morgan fingerprint density at radius 2 is 2.47 bits per heavy atom. The molecule has 2 aromatic rings. The van der Waals surface area contributed by atoms with Crippen molar-refractivity contribution >= 4 is 11.3 Å². The van der Waals surface area contributed by atoms with E-state index in [1.165, 1.54) is 6.33 Å². The molecular formula is C9H13N5S. The Kier molecular flexibility index (Phi) is 3.08. The van der Waals surface area contributed by atoms with Crippen LogP contribution < -0.4 is 5.32 Å². The van der Waals surface area contributed by atoms with Crippen molar-refractivity contribution in [3.63, 3.8) is 0 Å². The van der Waals surface area contributed by atoms with E-state index in [4.69, 9.17) is 0 Å². The number of thiazole rings is 1. The molecule has 1 unspecified atom stereocenters. The summed E-state index contributed by atoms with van der Waals surface area (Å²) in [5.74, 6) is 0.841. The fourth-order valence-electron chi connectivity index (χ4n) is 1.25. The molecule has 0 fully saturated rings. The summed E-state index contributed by atoms with van der Waals surface area (Å²) < 4.78 is 0. The smallest absolute Gasteiger partial charge is 0.138 e. The number of H-pyrrole nitrogens is 1. The molecule has 5 nitrogen and oxygen atoms in total. The quantitative estimate of drug-likeness (QED) is 0.822. The Morgan fingerprint density at radius 1 is 1.60 bits per heavy atom. The molecule has 2 heterocycles. The van der Waals surface area contributed by atoms with Crippen LogP contribution in [-0.2, 0) is 6.54 Å². The number of aromatic nitrogens is 4. The average Bonchev–Trinajstić information content (AvgIpc) is 2.84. The lowest BCUT2D eigenvalue weighted by atomic mass is 10.2. The molecule has 0 saturated heterocycles. The number of nitrogens with one attached hydrogen (secondary N) is 2. The molecule has 2 N–H and O–H groups in total. The Bertz CT molecular complexity index is 408. The summed E-state index contributed by atoms with van der Waals surface area (Å²) >= 11 is 1.67. The summed E-state index contributed by atoms with van der Waals surface area (Å²) in [6.45, 7) is 4.78. The minimum atomic E-state index is 0.236. The van der Waals surface area contributed by atoms with Crippen molar-refractivity contribution in [3.05, 3.63) is 28.2 Å². The lowest BCUT2D eigenvalue weighted by Crippen LogP contribution is -2.19. The first-order valence-electron chi connectivity index (χ1n) is 4.75. The highest BCUT2D eigenvalue weighted by atomic mass is 32.1. The van der Waals surface area contributed by atoms with E-state index < -0.39 is 0 Å². The van der Waals surface area contributed by atoms with E-state index >= 15 is 0 Å². The van der Waals surface area contributed by atoms with Crippen LogP contribution in [0.5, 0.6) is 0 Å². The number of aryl methyl sites for hydroxylation is 1. The zero-order valence-corrected chi connectivity index (χ0v) is 9.51. The van der Waals surface area contributed by atoms with Gasteiger partial charge in [0.1, 0.15) is 12.2 Å². The molecule has 6 heteroatoms. The molecule has 15 heavy (non-hydrogen) atoms. The third kappa shape index (κ3) is 2.60. The fourth-order valence-corrected chi connectivity index (χ4v) is 1.96. The van der Waals surface area contributed by atoms with E-state index in [-0.39, 0.29) is 6.04 Å². The average molecular weight is 223 g/mol. The van der Waals surface area contributed by atoms with Gasteiger partial charge in [0.15, 0.2) is 0 Å². The maximum absolute atomic E-state index is 4.42. The van der Waals surface area contributed by atoms with Gasteiger partial charge in [-0.15, -0.1) is 11.3 Å². The van der Waals surface area contributed by atoms with Gasteiger partial charge in [0, 0.05) is 11.4 Å². The summed E-state index contributed by atoms with van der Waals surface area (Å²) in [4.78, 5) is 8.46. The summed E-state index contributed by atoms with van der Waals surface area (Å²) in [5.41, 5.74) is 1.08. The molecule has 0 amide bonds. The number of hydrogen-bond donors (Lipinski definition) is 2. The molecule has 0 aromatic carbocycles. The van der Waals surface area contributed by atoms with Crippen molar-refractivity contribution in [3.8, 4) is 0 Å². The molecule has 80 valence electrons. The number of aromatic amines is 1. The number of hydrogen-bond acceptors (Lipinski definition) is 5. The van der Waals surface area contributed by atoms with Gasteiger partial charge in [0.2, 0.25) is 0 Å². The summed E-state index contributed by atoms with van der Waals surface area (Å²) in [6, 6.07) is 0.236. The Balaban J connectivity index is 1.90. The van der Waals surface area contributed by atoms with Crippen molar-refractivity contribution in [1.29, 1.82) is 0 Å². The van der Waals surface area contributed by atoms with Crippen LogP contribution in [0.3, 0.4) is 0 Å². The molecule has 0 aliphatic heterocycles. The Hall–Kier alpha value is -1.27. The molecule has 0 bridgehead atoms. The zero-order valence-electron chi connectivity index (χ0n) is 8.69. The molecule has 2 rings (SSSR count). The van der Waals surface area contributed by atoms with Crippen LogP contribution >= 0.6 is 11.3 Å². The van der Waals surface area contributed by atoms with E-state index in [2.05, 4.69) is 37.8 Å². The van der Waals surface area contributed by atoms with Crippen LogP contribution in [0, 0.1) is 6.92 Å². The second-order valence-electron chi connectivity index (χ2n) is 3.33. The van der Waals surface area contributed by atoms with Crippen molar-refractivity contribution in [2.24, 2.45) is 0 Å².